The Hall–Kier alpha value is -3.39. The SMILES string of the molecule is Cc1c[nH]c2ncc(-c3cc4c(c([C@@H]5CCCN5C(=O)OC(C)(C)C)c3)CN(C(=O)C3CCOCC3)CC4)cc12. The first kappa shape index (κ1) is 26.8. The van der Waals surface area contributed by atoms with E-state index in [2.05, 4.69) is 35.1 Å². The molecule has 2 saturated heterocycles. The molecule has 5 heterocycles. The summed E-state index contributed by atoms with van der Waals surface area (Å²) in [6, 6.07) is 6.61. The number of likely N-dealkylation sites (tertiary alicyclic amines) is 1. The van der Waals surface area contributed by atoms with Crippen LogP contribution in [-0.4, -0.2) is 63.7 Å². The van der Waals surface area contributed by atoms with E-state index < -0.39 is 5.60 Å². The lowest BCUT2D eigenvalue weighted by atomic mass is 9.86. The summed E-state index contributed by atoms with van der Waals surface area (Å²) in [6.07, 6.45) is 7.80. The maximum Gasteiger partial charge on any atom is 0.410 e. The molecule has 40 heavy (non-hydrogen) atoms. The van der Waals surface area contributed by atoms with Crippen molar-refractivity contribution in [1.82, 2.24) is 19.8 Å². The first-order valence-electron chi connectivity index (χ1n) is 14.6. The molecule has 3 aliphatic rings. The molecule has 0 saturated carbocycles. The van der Waals surface area contributed by atoms with E-state index in [4.69, 9.17) is 9.47 Å². The molecule has 0 bridgehead atoms. The van der Waals surface area contributed by atoms with Crippen LogP contribution in [0.1, 0.15) is 74.8 Å². The van der Waals surface area contributed by atoms with E-state index in [9.17, 15) is 9.59 Å². The summed E-state index contributed by atoms with van der Waals surface area (Å²) in [5.41, 5.74) is 7.21. The number of carbonyl (C=O) groups excluding carboxylic acids is 2. The summed E-state index contributed by atoms with van der Waals surface area (Å²) in [4.78, 5) is 38.7. The number of nitrogens with one attached hydrogen (secondary N) is 1. The molecule has 1 atom stereocenters. The molecule has 212 valence electrons. The molecule has 8 nitrogen and oxygen atoms in total. The molecule has 8 heteroatoms. The summed E-state index contributed by atoms with van der Waals surface area (Å²) < 4.78 is 11.3. The smallest absolute Gasteiger partial charge is 0.410 e. The fourth-order valence-corrected chi connectivity index (χ4v) is 6.47. The van der Waals surface area contributed by atoms with Gasteiger partial charge in [0.1, 0.15) is 11.2 Å². The summed E-state index contributed by atoms with van der Waals surface area (Å²) in [5.74, 6) is 0.266. The zero-order valence-corrected chi connectivity index (χ0v) is 24.1. The molecule has 0 radical (unpaired) electrons. The summed E-state index contributed by atoms with van der Waals surface area (Å²) in [7, 11) is 0. The number of aryl methyl sites for hydroxylation is 1. The fourth-order valence-electron chi connectivity index (χ4n) is 6.47. The van der Waals surface area contributed by atoms with E-state index in [0.717, 1.165) is 65.4 Å². The number of hydrogen-bond acceptors (Lipinski definition) is 5. The van der Waals surface area contributed by atoms with Crippen molar-refractivity contribution in [2.45, 2.75) is 78.0 Å². The summed E-state index contributed by atoms with van der Waals surface area (Å²) in [5, 5.41) is 1.11. The van der Waals surface area contributed by atoms with Gasteiger partial charge in [0.25, 0.3) is 0 Å². The number of aromatic amines is 1. The predicted octanol–water partition coefficient (Wildman–Crippen LogP) is 5.92. The van der Waals surface area contributed by atoms with E-state index in [1.807, 2.05) is 43.0 Å². The lowest BCUT2D eigenvalue weighted by molar-refractivity contribution is -0.139. The Morgan fingerprint density at radius 1 is 1.07 bits per heavy atom. The van der Waals surface area contributed by atoms with Gasteiger partial charge in [0.2, 0.25) is 5.91 Å². The number of carbonyl (C=O) groups is 2. The summed E-state index contributed by atoms with van der Waals surface area (Å²) >= 11 is 0. The molecule has 6 rings (SSSR count). The second-order valence-electron chi connectivity index (χ2n) is 12.5. The molecule has 0 aliphatic carbocycles. The van der Waals surface area contributed by atoms with Crippen LogP contribution in [0.15, 0.2) is 30.6 Å². The number of ether oxygens (including phenoxy) is 2. The van der Waals surface area contributed by atoms with Crippen LogP contribution in [0.4, 0.5) is 4.79 Å². The van der Waals surface area contributed by atoms with Gasteiger partial charge >= 0.3 is 6.09 Å². The predicted molar refractivity (Wildman–Crippen MR) is 154 cm³/mol. The number of rotatable bonds is 3. The average molecular weight is 545 g/mol. The highest BCUT2D eigenvalue weighted by Crippen LogP contribution is 2.41. The van der Waals surface area contributed by atoms with E-state index in [-0.39, 0.29) is 24.0 Å². The van der Waals surface area contributed by atoms with Crippen molar-refractivity contribution in [2.24, 2.45) is 5.92 Å². The first-order chi connectivity index (χ1) is 19.2. The van der Waals surface area contributed by atoms with Gasteiger partial charge < -0.3 is 24.3 Å². The van der Waals surface area contributed by atoms with Crippen LogP contribution in [0.25, 0.3) is 22.2 Å². The number of pyridine rings is 1. The quantitative estimate of drug-likeness (QED) is 0.442. The van der Waals surface area contributed by atoms with Crippen LogP contribution in [0.2, 0.25) is 0 Å². The molecule has 3 aliphatic heterocycles. The highest BCUT2D eigenvalue weighted by molar-refractivity contribution is 5.85. The summed E-state index contributed by atoms with van der Waals surface area (Å²) in [6.45, 7) is 11.1. The van der Waals surface area contributed by atoms with Crippen molar-refractivity contribution < 1.29 is 19.1 Å². The number of H-pyrrole nitrogens is 1. The van der Waals surface area contributed by atoms with Crippen LogP contribution in [-0.2, 0) is 27.2 Å². The van der Waals surface area contributed by atoms with Gasteiger partial charge in [0.05, 0.1) is 6.04 Å². The van der Waals surface area contributed by atoms with Crippen LogP contribution >= 0.6 is 0 Å². The minimum absolute atomic E-state index is 0.0326. The number of aromatic nitrogens is 2. The zero-order valence-electron chi connectivity index (χ0n) is 24.1. The number of hydrogen-bond donors (Lipinski definition) is 1. The zero-order chi connectivity index (χ0) is 28.0. The van der Waals surface area contributed by atoms with Crippen molar-refractivity contribution >= 4 is 23.0 Å². The average Bonchev–Trinajstić information content (AvgIpc) is 3.58. The van der Waals surface area contributed by atoms with Crippen molar-refractivity contribution in [3.05, 3.63) is 52.8 Å². The third kappa shape index (κ3) is 5.21. The maximum absolute atomic E-state index is 13.5. The van der Waals surface area contributed by atoms with Gasteiger partial charge in [-0.2, -0.15) is 0 Å². The minimum Gasteiger partial charge on any atom is -0.444 e. The van der Waals surface area contributed by atoms with Crippen molar-refractivity contribution in [2.75, 3.05) is 26.3 Å². The Morgan fingerprint density at radius 3 is 2.65 bits per heavy atom. The Morgan fingerprint density at radius 2 is 1.88 bits per heavy atom. The minimum atomic E-state index is -0.562. The standard InChI is InChI=1S/C32H40N4O4/c1-20-17-33-29-25(20)16-24(18-34-29)23-14-22-7-11-35(30(37)21-8-12-39-13-9-21)19-27(22)26(15-23)28-6-5-10-36(28)31(38)40-32(2,3)4/h14-18,21,28H,5-13,19H2,1-4H3,(H,33,34)/t28-/m0/s1. The normalized spacial score (nSPS) is 20.1. The largest absolute Gasteiger partial charge is 0.444 e. The van der Waals surface area contributed by atoms with Crippen LogP contribution in [0.3, 0.4) is 0 Å². The number of benzene rings is 1. The fraction of sp³-hybridized carbons (Fsp3) is 0.531. The van der Waals surface area contributed by atoms with Gasteiger partial charge in [-0.15, -0.1) is 0 Å². The molecule has 1 aromatic carbocycles. The maximum atomic E-state index is 13.5. The van der Waals surface area contributed by atoms with E-state index in [0.29, 0.717) is 32.8 Å². The number of nitrogens with zero attached hydrogens (tertiary/aromatic N) is 3. The topological polar surface area (TPSA) is 87.8 Å². The Kier molecular flexibility index (Phi) is 7.07. The molecule has 1 N–H and O–H groups in total. The van der Waals surface area contributed by atoms with E-state index >= 15 is 0 Å². The van der Waals surface area contributed by atoms with Gasteiger partial charge in [-0.1, -0.05) is 6.07 Å². The second kappa shape index (κ2) is 10.5. The van der Waals surface area contributed by atoms with Gasteiger partial charge in [-0.25, -0.2) is 9.78 Å². The van der Waals surface area contributed by atoms with E-state index in [1.54, 1.807) is 0 Å². The monoisotopic (exact) mass is 544 g/mol. The van der Waals surface area contributed by atoms with Gasteiger partial charge in [0, 0.05) is 62.1 Å². The molecular weight excluding hydrogens is 504 g/mol. The first-order valence-corrected chi connectivity index (χ1v) is 14.6. The second-order valence-corrected chi connectivity index (χ2v) is 12.5. The number of amides is 2. The van der Waals surface area contributed by atoms with Gasteiger partial charge in [0.15, 0.2) is 0 Å². The van der Waals surface area contributed by atoms with Crippen LogP contribution < -0.4 is 0 Å². The highest BCUT2D eigenvalue weighted by Gasteiger charge is 2.37. The molecule has 0 spiro atoms. The van der Waals surface area contributed by atoms with Gasteiger partial charge in [-0.05, 0) is 99.7 Å². The number of fused-ring (bicyclic) bond motifs is 2. The lowest BCUT2D eigenvalue weighted by Gasteiger charge is -2.36. The highest BCUT2D eigenvalue weighted by atomic mass is 16.6. The third-order valence-corrected chi connectivity index (χ3v) is 8.57. The van der Waals surface area contributed by atoms with Crippen molar-refractivity contribution in [1.29, 1.82) is 0 Å². The Balaban J connectivity index is 1.40. The Bertz CT molecular complexity index is 1430. The van der Waals surface area contributed by atoms with Crippen LogP contribution in [0, 0.1) is 12.8 Å². The van der Waals surface area contributed by atoms with E-state index in [1.165, 1.54) is 11.1 Å². The third-order valence-electron chi connectivity index (χ3n) is 8.57. The van der Waals surface area contributed by atoms with Crippen molar-refractivity contribution in [3.8, 4) is 11.1 Å². The van der Waals surface area contributed by atoms with Gasteiger partial charge in [-0.3, -0.25) is 4.79 Å². The molecule has 0 unspecified atom stereocenters. The molecular formula is C32H40N4O4. The molecule has 3 aromatic rings. The molecule has 2 amide bonds. The molecule has 2 aromatic heterocycles. The van der Waals surface area contributed by atoms with Crippen LogP contribution in [0.5, 0.6) is 0 Å². The molecule has 2 fully saturated rings. The van der Waals surface area contributed by atoms with Crippen molar-refractivity contribution in [3.63, 3.8) is 0 Å². The lowest BCUT2D eigenvalue weighted by Crippen LogP contribution is -2.42. The Labute approximate surface area is 236 Å².